The Balaban J connectivity index is 1.50. The van der Waals surface area contributed by atoms with E-state index in [0.29, 0.717) is 25.5 Å². The smallest absolute Gasteiger partial charge is 0.393 e. The van der Waals surface area contributed by atoms with Gasteiger partial charge in [-0.3, -0.25) is 4.79 Å². The maximum atomic E-state index is 13.3. The molecule has 0 bridgehead atoms. The van der Waals surface area contributed by atoms with Gasteiger partial charge in [-0.05, 0) is 57.1 Å². The van der Waals surface area contributed by atoms with Crippen molar-refractivity contribution in [3.05, 3.63) is 23.9 Å². The highest BCUT2D eigenvalue weighted by atomic mass is 19.4. The summed E-state index contributed by atoms with van der Waals surface area (Å²) in [7, 11) is 0. The number of anilines is 1. The number of alkyl halides is 3. The summed E-state index contributed by atoms with van der Waals surface area (Å²) in [5, 5.41) is 9.72. The van der Waals surface area contributed by atoms with E-state index in [4.69, 9.17) is 0 Å². The number of aliphatic hydroxyl groups excluding tert-OH is 1. The van der Waals surface area contributed by atoms with E-state index in [2.05, 4.69) is 4.98 Å². The predicted octanol–water partition coefficient (Wildman–Crippen LogP) is 3.22. The van der Waals surface area contributed by atoms with Crippen LogP contribution in [0.3, 0.4) is 0 Å². The molecule has 0 radical (unpaired) electrons. The van der Waals surface area contributed by atoms with Crippen molar-refractivity contribution in [3.63, 3.8) is 0 Å². The molecule has 8 heteroatoms. The molecule has 28 heavy (non-hydrogen) atoms. The average molecular weight is 397 g/mol. The monoisotopic (exact) mass is 397 g/mol. The number of halogens is 3. The van der Waals surface area contributed by atoms with Crippen molar-refractivity contribution < 1.29 is 23.1 Å². The number of rotatable bonds is 2. The van der Waals surface area contributed by atoms with Crippen molar-refractivity contribution in [1.29, 1.82) is 0 Å². The molecule has 2 saturated heterocycles. The van der Waals surface area contributed by atoms with Gasteiger partial charge in [0.15, 0.2) is 0 Å². The lowest BCUT2D eigenvalue weighted by Gasteiger charge is -2.41. The van der Waals surface area contributed by atoms with E-state index in [-0.39, 0.29) is 18.1 Å². The zero-order valence-electron chi connectivity index (χ0n) is 15.8. The molecule has 1 aliphatic carbocycles. The number of likely N-dealkylation sites (tertiary alicyclic amines) is 1. The zero-order chi connectivity index (χ0) is 19.9. The van der Waals surface area contributed by atoms with Gasteiger partial charge < -0.3 is 14.9 Å². The maximum Gasteiger partial charge on any atom is 0.433 e. The van der Waals surface area contributed by atoms with Gasteiger partial charge in [0, 0.05) is 25.7 Å². The van der Waals surface area contributed by atoms with Crippen LogP contribution in [0.15, 0.2) is 18.2 Å². The third kappa shape index (κ3) is 3.58. The lowest BCUT2D eigenvalue weighted by Crippen LogP contribution is -2.50. The molecule has 4 rings (SSSR count). The van der Waals surface area contributed by atoms with Crippen molar-refractivity contribution in [2.24, 2.45) is 5.41 Å². The molecule has 3 aliphatic rings. The lowest BCUT2D eigenvalue weighted by molar-refractivity contribution is -0.141. The second kappa shape index (κ2) is 7.21. The quantitative estimate of drug-likeness (QED) is 0.833. The third-order valence-corrected chi connectivity index (χ3v) is 6.58. The highest BCUT2D eigenvalue weighted by molar-refractivity contribution is 5.86. The van der Waals surface area contributed by atoms with E-state index >= 15 is 0 Å². The fraction of sp³-hybridized carbons (Fsp3) is 0.700. The van der Waals surface area contributed by atoms with E-state index in [1.54, 1.807) is 6.07 Å². The van der Waals surface area contributed by atoms with Crippen LogP contribution < -0.4 is 4.90 Å². The highest BCUT2D eigenvalue weighted by Crippen LogP contribution is 2.43. The first kappa shape index (κ1) is 19.5. The van der Waals surface area contributed by atoms with E-state index < -0.39 is 17.3 Å². The second-order valence-electron chi connectivity index (χ2n) is 8.40. The van der Waals surface area contributed by atoms with Crippen LogP contribution >= 0.6 is 0 Å². The van der Waals surface area contributed by atoms with Crippen LogP contribution in [0, 0.1) is 5.41 Å². The molecule has 2 aliphatic heterocycles. The number of carbonyl (C=O) groups excluding carboxylic acids is 1. The summed E-state index contributed by atoms with van der Waals surface area (Å²) in [5.74, 6) is 0.423. The number of hydrogen-bond acceptors (Lipinski definition) is 4. The Labute approximate surface area is 162 Å². The molecule has 1 aromatic rings. The number of piperidine rings is 1. The van der Waals surface area contributed by atoms with Gasteiger partial charge in [0.25, 0.3) is 0 Å². The van der Waals surface area contributed by atoms with Crippen LogP contribution in [0.2, 0.25) is 0 Å². The molecule has 0 aromatic carbocycles. The Morgan fingerprint density at radius 1 is 1.11 bits per heavy atom. The Hall–Kier alpha value is -1.83. The van der Waals surface area contributed by atoms with E-state index in [0.717, 1.165) is 51.0 Å². The maximum absolute atomic E-state index is 13.3. The van der Waals surface area contributed by atoms with Gasteiger partial charge in [-0.25, -0.2) is 4.98 Å². The van der Waals surface area contributed by atoms with Gasteiger partial charge in [0.1, 0.15) is 11.5 Å². The topological polar surface area (TPSA) is 56.7 Å². The minimum atomic E-state index is -4.48. The van der Waals surface area contributed by atoms with Crippen LogP contribution in [-0.2, 0) is 11.0 Å². The van der Waals surface area contributed by atoms with Crippen molar-refractivity contribution in [2.45, 2.75) is 63.3 Å². The number of amides is 1. The average Bonchev–Trinajstić information content (AvgIpc) is 2.98. The first-order valence-electron chi connectivity index (χ1n) is 10.1. The van der Waals surface area contributed by atoms with Crippen molar-refractivity contribution in [3.8, 4) is 0 Å². The van der Waals surface area contributed by atoms with Gasteiger partial charge in [-0.2, -0.15) is 13.2 Å². The van der Waals surface area contributed by atoms with Gasteiger partial charge in [-0.15, -0.1) is 0 Å². The molecule has 1 atom stereocenters. The molecule has 5 nitrogen and oxygen atoms in total. The Morgan fingerprint density at radius 2 is 1.86 bits per heavy atom. The standard InChI is InChI=1S/C20H26F3N3O2/c21-20(22,23)16-3-1-4-17(24-16)25-11-2-9-19(13-25)10-12-26(18(19)28)14-5-7-15(27)8-6-14/h1,3-4,14-15,27H,2,5-13H2/t14-,15-,19?. The number of hydrogen-bond donors (Lipinski definition) is 1. The summed E-state index contributed by atoms with van der Waals surface area (Å²) >= 11 is 0. The van der Waals surface area contributed by atoms with Gasteiger partial charge >= 0.3 is 6.18 Å². The van der Waals surface area contributed by atoms with E-state index in [9.17, 15) is 23.1 Å². The molecule has 1 unspecified atom stereocenters. The summed E-state index contributed by atoms with van der Waals surface area (Å²) in [6.07, 6.45) is 0.622. The van der Waals surface area contributed by atoms with Crippen molar-refractivity contribution in [2.75, 3.05) is 24.5 Å². The van der Waals surface area contributed by atoms with Gasteiger partial charge in [0.05, 0.1) is 11.5 Å². The van der Waals surface area contributed by atoms with E-state index in [1.165, 1.54) is 6.07 Å². The number of nitrogens with zero attached hydrogens (tertiary/aromatic N) is 3. The number of aromatic nitrogens is 1. The van der Waals surface area contributed by atoms with Crippen molar-refractivity contribution >= 4 is 11.7 Å². The summed E-state index contributed by atoms with van der Waals surface area (Å²) in [4.78, 5) is 20.9. The summed E-state index contributed by atoms with van der Waals surface area (Å²) in [6, 6.07) is 4.12. The molecule has 1 saturated carbocycles. The minimum absolute atomic E-state index is 0.130. The molecule has 3 fully saturated rings. The molecule has 1 amide bonds. The Kier molecular flexibility index (Phi) is 5.02. The van der Waals surface area contributed by atoms with Crippen LogP contribution in [0.4, 0.5) is 19.0 Å². The van der Waals surface area contributed by atoms with Gasteiger partial charge in [0.2, 0.25) is 5.91 Å². The summed E-state index contributed by atoms with van der Waals surface area (Å²) in [5.41, 5.74) is -1.42. The Bertz CT molecular complexity index is 734. The first-order chi connectivity index (χ1) is 13.3. The SMILES string of the molecule is O=C1N([C@H]2CC[C@H](O)CC2)CCC12CCCN(c1cccc(C(F)(F)F)n1)C2. The summed E-state index contributed by atoms with van der Waals surface area (Å²) in [6.45, 7) is 1.73. The van der Waals surface area contributed by atoms with E-state index in [1.807, 2.05) is 9.80 Å². The first-order valence-corrected chi connectivity index (χ1v) is 10.1. The normalized spacial score (nSPS) is 31.6. The van der Waals surface area contributed by atoms with Crippen LogP contribution in [-0.4, -0.2) is 52.7 Å². The molecule has 1 N–H and O–H groups in total. The fourth-order valence-corrected chi connectivity index (χ4v) is 5.03. The predicted molar refractivity (Wildman–Crippen MR) is 97.7 cm³/mol. The number of carbonyl (C=O) groups is 1. The fourth-order valence-electron chi connectivity index (χ4n) is 5.03. The molecule has 1 spiro atoms. The zero-order valence-corrected chi connectivity index (χ0v) is 15.8. The third-order valence-electron chi connectivity index (χ3n) is 6.58. The lowest BCUT2D eigenvalue weighted by atomic mass is 9.78. The number of pyridine rings is 1. The minimum Gasteiger partial charge on any atom is -0.393 e. The van der Waals surface area contributed by atoms with Crippen LogP contribution in [0.1, 0.15) is 50.6 Å². The van der Waals surface area contributed by atoms with Crippen LogP contribution in [0.5, 0.6) is 0 Å². The Morgan fingerprint density at radius 3 is 2.57 bits per heavy atom. The largest absolute Gasteiger partial charge is 0.433 e. The molecular formula is C20H26F3N3O2. The molecule has 3 heterocycles. The molecular weight excluding hydrogens is 371 g/mol. The molecule has 1 aromatic heterocycles. The highest BCUT2D eigenvalue weighted by Gasteiger charge is 2.51. The van der Waals surface area contributed by atoms with Crippen molar-refractivity contribution in [1.82, 2.24) is 9.88 Å². The molecule has 154 valence electrons. The second-order valence-corrected chi connectivity index (χ2v) is 8.40. The van der Waals surface area contributed by atoms with Crippen LogP contribution in [0.25, 0.3) is 0 Å². The summed E-state index contributed by atoms with van der Waals surface area (Å²) < 4.78 is 39.0. The number of aliphatic hydroxyl groups is 1. The van der Waals surface area contributed by atoms with Gasteiger partial charge in [-0.1, -0.05) is 6.07 Å².